The Labute approximate surface area is 127 Å². The van der Waals surface area contributed by atoms with E-state index in [4.69, 9.17) is 0 Å². The minimum Gasteiger partial charge on any atom is -0.324 e. The highest BCUT2D eigenvalue weighted by Crippen LogP contribution is 2.16. The zero-order chi connectivity index (χ0) is 15.7. The number of aromatic nitrogens is 2. The molecular weight excluding hydrogens is 278 g/mol. The molecular formula is C17H17N3O2. The Morgan fingerprint density at radius 3 is 2.77 bits per heavy atom. The molecule has 1 amide bonds. The van der Waals surface area contributed by atoms with Crippen molar-refractivity contribution in [1.29, 1.82) is 0 Å². The second-order valence-electron chi connectivity index (χ2n) is 5.40. The lowest BCUT2D eigenvalue weighted by atomic mass is 10.1. The minimum atomic E-state index is -0.280. The van der Waals surface area contributed by atoms with Gasteiger partial charge >= 0.3 is 5.69 Å². The SMILES string of the molecule is Cc1ccc(C)c(NC(=O)Cn2c(=O)[nH]c3ccccc32)c1. The molecule has 3 aromatic rings. The molecule has 0 fully saturated rings. The second-order valence-corrected chi connectivity index (χ2v) is 5.40. The van der Waals surface area contributed by atoms with Crippen LogP contribution in [0.2, 0.25) is 0 Å². The van der Waals surface area contributed by atoms with Crippen LogP contribution in [-0.2, 0) is 11.3 Å². The van der Waals surface area contributed by atoms with Crippen molar-refractivity contribution in [2.45, 2.75) is 20.4 Å². The zero-order valence-electron chi connectivity index (χ0n) is 12.5. The monoisotopic (exact) mass is 295 g/mol. The smallest absolute Gasteiger partial charge is 0.324 e. The van der Waals surface area contributed by atoms with Crippen molar-refractivity contribution in [3.8, 4) is 0 Å². The van der Waals surface area contributed by atoms with Crippen molar-refractivity contribution >= 4 is 22.6 Å². The van der Waals surface area contributed by atoms with Crippen LogP contribution in [0.1, 0.15) is 11.1 Å². The van der Waals surface area contributed by atoms with Crippen molar-refractivity contribution in [1.82, 2.24) is 9.55 Å². The average Bonchev–Trinajstić information content (AvgIpc) is 2.79. The third-order valence-electron chi connectivity index (χ3n) is 3.65. The third kappa shape index (κ3) is 2.65. The number of hydrogen-bond acceptors (Lipinski definition) is 2. The van der Waals surface area contributed by atoms with E-state index in [-0.39, 0.29) is 18.1 Å². The van der Waals surface area contributed by atoms with Gasteiger partial charge in [0.15, 0.2) is 0 Å². The van der Waals surface area contributed by atoms with Crippen molar-refractivity contribution in [2.24, 2.45) is 0 Å². The molecule has 1 aromatic heterocycles. The lowest BCUT2D eigenvalue weighted by Gasteiger charge is -2.10. The molecule has 0 aliphatic heterocycles. The van der Waals surface area contributed by atoms with Gasteiger partial charge in [0, 0.05) is 5.69 Å². The minimum absolute atomic E-state index is 0.0176. The maximum Gasteiger partial charge on any atom is 0.326 e. The maximum absolute atomic E-state index is 12.3. The maximum atomic E-state index is 12.3. The van der Waals surface area contributed by atoms with E-state index < -0.39 is 0 Å². The summed E-state index contributed by atoms with van der Waals surface area (Å²) in [5.41, 5.74) is 4.02. The van der Waals surface area contributed by atoms with E-state index in [1.807, 2.05) is 56.3 Å². The molecule has 3 rings (SSSR count). The summed E-state index contributed by atoms with van der Waals surface area (Å²) in [6.45, 7) is 3.89. The van der Waals surface area contributed by atoms with Gasteiger partial charge in [-0.2, -0.15) is 0 Å². The third-order valence-corrected chi connectivity index (χ3v) is 3.65. The van der Waals surface area contributed by atoms with Crippen molar-refractivity contribution in [3.63, 3.8) is 0 Å². The molecule has 0 atom stereocenters. The summed E-state index contributed by atoms with van der Waals surface area (Å²) >= 11 is 0. The summed E-state index contributed by atoms with van der Waals surface area (Å²) in [5.74, 6) is -0.222. The normalized spacial score (nSPS) is 10.8. The van der Waals surface area contributed by atoms with Crippen LogP contribution in [0.3, 0.4) is 0 Å². The number of para-hydroxylation sites is 2. The number of nitrogens with zero attached hydrogens (tertiary/aromatic N) is 1. The van der Waals surface area contributed by atoms with Crippen LogP contribution in [0.4, 0.5) is 5.69 Å². The number of hydrogen-bond donors (Lipinski definition) is 2. The Kier molecular flexibility index (Phi) is 3.55. The van der Waals surface area contributed by atoms with Gasteiger partial charge in [0.1, 0.15) is 6.54 Å². The van der Waals surface area contributed by atoms with Crippen LogP contribution in [0.25, 0.3) is 11.0 Å². The topological polar surface area (TPSA) is 66.9 Å². The van der Waals surface area contributed by atoms with Crippen LogP contribution >= 0.6 is 0 Å². The molecule has 5 heteroatoms. The number of anilines is 1. The molecule has 2 N–H and O–H groups in total. The highest BCUT2D eigenvalue weighted by molar-refractivity contribution is 5.92. The molecule has 112 valence electrons. The first-order chi connectivity index (χ1) is 10.5. The Balaban J connectivity index is 1.86. The number of aromatic amines is 1. The van der Waals surface area contributed by atoms with Gasteiger partial charge in [0.2, 0.25) is 5.91 Å². The molecule has 0 radical (unpaired) electrons. The van der Waals surface area contributed by atoms with E-state index in [2.05, 4.69) is 10.3 Å². The number of carbonyl (C=O) groups excluding carboxylic acids is 1. The summed E-state index contributed by atoms with van der Waals surface area (Å²) < 4.78 is 1.44. The second kappa shape index (κ2) is 5.52. The first-order valence-corrected chi connectivity index (χ1v) is 7.09. The summed E-state index contributed by atoms with van der Waals surface area (Å²) in [7, 11) is 0. The molecule has 0 saturated carbocycles. The molecule has 2 aromatic carbocycles. The predicted molar refractivity (Wildman–Crippen MR) is 87.1 cm³/mol. The number of carbonyl (C=O) groups is 1. The number of benzene rings is 2. The van der Waals surface area contributed by atoms with Gasteiger partial charge in [-0.1, -0.05) is 24.3 Å². The van der Waals surface area contributed by atoms with Crippen LogP contribution in [0.5, 0.6) is 0 Å². The summed E-state index contributed by atoms with van der Waals surface area (Å²) in [5, 5.41) is 2.87. The Morgan fingerprint density at radius 2 is 1.95 bits per heavy atom. The number of aryl methyl sites for hydroxylation is 2. The van der Waals surface area contributed by atoms with Gasteiger partial charge in [0.25, 0.3) is 0 Å². The number of fused-ring (bicyclic) bond motifs is 1. The Hall–Kier alpha value is -2.82. The largest absolute Gasteiger partial charge is 0.326 e. The number of H-pyrrole nitrogens is 1. The molecule has 0 spiro atoms. The highest BCUT2D eigenvalue weighted by atomic mass is 16.2. The summed E-state index contributed by atoms with van der Waals surface area (Å²) in [6, 6.07) is 13.2. The van der Waals surface area contributed by atoms with Crippen LogP contribution in [-0.4, -0.2) is 15.5 Å². The van der Waals surface area contributed by atoms with Crippen LogP contribution in [0.15, 0.2) is 47.3 Å². The fraction of sp³-hybridized carbons (Fsp3) is 0.176. The van der Waals surface area contributed by atoms with Crippen LogP contribution < -0.4 is 11.0 Å². The quantitative estimate of drug-likeness (QED) is 0.780. The molecule has 5 nitrogen and oxygen atoms in total. The number of imidazole rings is 1. The molecule has 0 unspecified atom stereocenters. The fourth-order valence-electron chi connectivity index (χ4n) is 2.47. The van der Waals surface area contributed by atoms with Gasteiger partial charge < -0.3 is 10.3 Å². The van der Waals surface area contributed by atoms with E-state index in [1.165, 1.54) is 4.57 Å². The number of nitrogens with one attached hydrogen (secondary N) is 2. The lowest BCUT2D eigenvalue weighted by Crippen LogP contribution is -2.26. The summed E-state index contributed by atoms with van der Waals surface area (Å²) in [6.07, 6.45) is 0. The zero-order valence-corrected chi connectivity index (χ0v) is 12.5. The van der Waals surface area contributed by atoms with Crippen molar-refractivity contribution in [2.75, 3.05) is 5.32 Å². The molecule has 0 aliphatic carbocycles. The fourth-order valence-corrected chi connectivity index (χ4v) is 2.47. The number of rotatable bonds is 3. The number of amides is 1. The van der Waals surface area contributed by atoms with E-state index in [1.54, 1.807) is 0 Å². The molecule has 0 saturated heterocycles. The van der Waals surface area contributed by atoms with Gasteiger partial charge in [-0.15, -0.1) is 0 Å². The first kappa shape index (κ1) is 14.1. The van der Waals surface area contributed by atoms with E-state index in [0.717, 1.165) is 27.8 Å². The molecule has 1 heterocycles. The molecule has 22 heavy (non-hydrogen) atoms. The van der Waals surface area contributed by atoms with Crippen LogP contribution in [0, 0.1) is 13.8 Å². The predicted octanol–water partition coefficient (Wildman–Crippen LogP) is 2.59. The van der Waals surface area contributed by atoms with Crippen molar-refractivity contribution in [3.05, 3.63) is 64.1 Å². The average molecular weight is 295 g/mol. The van der Waals surface area contributed by atoms with Crippen molar-refractivity contribution < 1.29 is 4.79 Å². The standard InChI is InChI=1S/C17H17N3O2/c1-11-7-8-12(2)14(9-11)18-16(21)10-20-15-6-4-3-5-13(15)19-17(20)22/h3-9H,10H2,1-2H3,(H,18,21)(H,19,22). The molecule has 0 bridgehead atoms. The summed E-state index contributed by atoms with van der Waals surface area (Å²) in [4.78, 5) is 27.0. The van der Waals surface area contributed by atoms with E-state index >= 15 is 0 Å². The van der Waals surface area contributed by atoms with Gasteiger partial charge in [0.05, 0.1) is 11.0 Å². The Bertz CT molecular complexity index is 906. The van der Waals surface area contributed by atoms with Gasteiger partial charge in [-0.05, 0) is 43.2 Å². The highest BCUT2D eigenvalue weighted by Gasteiger charge is 2.11. The van der Waals surface area contributed by atoms with Gasteiger partial charge in [-0.25, -0.2) is 4.79 Å². The first-order valence-electron chi connectivity index (χ1n) is 7.09. The Morgan fingerprint density at radius 1 is 1.18 bits per heavy atom. The lowest BCUT2D eigenvalue weighted by molar-refractivity contribution is -0.116. The molecule has 0 aliphatic rings. The van der Waals surface area contributed by atoms with Gasteiger partial charge in [-0.3, -0.25) is 9.36 Å². The van der Waals surface area contributed by atoms with E-state index in [9.17, 15) is 9.59 Å². The van der Waals surface area contributed by atoms with E-state index in [0.29, 0.717) is 0 Å².